The van der Waals surface area contributed by atoms with Crippen LogP contribution in [0.3, 0.4) is 0 Å². The Bertz CT molecular complexity index is 519. The molecule has 0 saturated carbocycles. The van der Waals surface area contributed by atoms with Gasteiger partial charge in [0, 0.05) is 18.8 Å². The summed E-state index contributed by atoms with van der Waals surface area (Å²) in [6.07, 6.45) is 0.562. The topological polar surface area (TPSA) is 65.4 Å². The zero-order valence-corrected chi connectivity index (χ0v) is 12.5. The van der Waals surface area contributed by atoms with Crippen LogP contribution < -0.4 is 10.2 Å². The fourth-order valence-corrected chi connectivity index (χ4v) is 2.31. The minimum Gasteiger partial charge on any atom is -0.449 e. The molecule has 112 valence electrons. The minimum absolute atomic E-state index is 0.111. The maximum Gasteiger partial charge on any atom is 0.407 e. The first-order valence-corrected chi connectivity index (χ1v) is 7.27. The van der Waals surface area contributed by atoms with E-state index in [2.05, 4.69) is 16.3 Å². The summed E-state index contributed by atoms with van der Waals surface area (Å²) in [6, 6.07) is 9.73. The van der Waals surface area contributed by atoms with E-state index in [1.807, 2.05) is 38.1 Å². The third-order valence-electron chi connectivity index (χ3n) is 3.42. The van der Waals surface area contributed by atoms with Crippen LogP contribution >= 0.6 is 0 Å². The molecule has 1 aromatic carbocycles. The molecule has 0 aliphatic carbocycles. The number of alkyl carbamates (subject to hydrolysis) is 1. The first-order valence-electron chi connectivity index (χ1n) is 7.27. The molecule has 1 aliphatic heterocycles. The second-order valence-electron chi connectivity index (χ2n) is 5.73. The van der Waals surface area contributed by atoms with Gasteiger partial charge in [-0.3, -0.25) is 0 Å². The van der Waals surface area contributed by atoms with Crippen LogP contribution in [0.2, 0.25) is 0 Å². The molecule has 1 amide bonds. The number of nitriles is 1. The highest BCUT2D eigenvalue weighted by molar-refractivity contribution is 5.68. The van der Waals surface area contributed by atoms with Crippen LogP contribution in [0.1, 0.15) is 25.8 Å². The van der Waals surface area contributed by atoms with Gasteiger partial charge in [0.05, 0.1) is 24.3 Å². The number of nitrogens with zero attached hydrogens (tertiary/aromatic N) is 2. The number of carbonyl (C=O) groups is 1. The molecule has 1 atom stereocenters. The SMILES string of the molecule is CC(C)COC(=O)NC1CCN(c2ccc(C#N)cc2)C1. The zero-order valence-electron chi connectivity index (χ0n) is 12.5. The lowest BCUT2D eigenvalue weighted by molar-refractivity contribution is 0.130. The molecular formula is C16H21N3O2. The zero-order chi connectivity index (χ0) is 15.2. The van der Waals surface area contributed by atoms with Crippen molar-refractivity contribution in [3.63, 3.8) is 0 Å². The maximum absolute atomic E-state index is 11.6. The van der Waals surface area contributed by atoms with Crippen LogP contribution in [-0.4, -0.2) is 31.8 Å². The molecule has 0 radical (unpaired) electrons. The Balaban J connectivity index is 1.82. The van der Waals surface area contributed by atoms with Crippen molar-refractivity contribution >= 4 is 11.8 Å². The Hall–Kier alpha value is -2.22. The van der Waals surface area contributed by atoms with E-state index in [9.17, 15) is 4.79 Å². The summed E-state index contributed by atoms with van der Waals surface area (Å²) in [5.74, 6) is 0.342. The fraction of sp³-hybridized carbons (Fsp3) is 0.500. The van der Waals surface area contributed by atoms with Crippen molar-refractivity contribution in [3.8, 4) is 6.07 Å². The van der Waals surface area contributed by atoms with E-state index in [1.54, 1.807) is 0 Å². The lowest BCUT2D eigenvalue weighted by atomic mass is 10.2. The van der Waals surface area contributed by atoms with Gasteiger partial charge in [-0.1, -0.05) is 13.8 Å². The predicted molar refractivity (Wildman–Crippen MR) is 81.1 cm³/mol. The van der Waals surface area contributed by atoms with E-state index in [0.717, 1.165) is 25.2 Å². The summed E-state index contributed by atoms with van der Waals surface area (Å²) < 4.78 is 5.13. The third kappa shape index (κ3) is 4.38. The lowest BCUT2D eigenvalue weighted by Gasteiger charge is -2.19. The average molecular weight is 287 g/mol. The number of benzene rings is 1. The molecule has 1 aliphatic rings. The van der Waals surface area contributed by atoms with E-state index in [4.69, 9.17) is 10.00 Å². The van der Waals surface area contributed by atoms with Crippen molar-refractivity contribution in [2.45, 2.75) is 26.3 Å². The number of ether oxygens (including phenoxy) is 1. The third-order valence-corrected chi connectivity index (χ3v) is 3.42. The van der Waals surface area contributed by atoms with Crippen molar-refractivity contribution in [1.29, 1.82) is 5.26 Å². The van der Waals surface area contributed by atoms with Gasteiger partial charge in [0.15, 0.2) is 0 Å². The lowest BCUT2D eigenvalue weighted by Crippen LogP contribution is -2.37. The number of hydrogen-bond acceptors (Lipinski definition) is 4. The van der Waals surface area contributed by atoms with Crippen LogP contribution in [0.25, 0.3) is 0 Å². The molecule has 1 N–H and O–H groups in total. The Morgan fingerprint density at radius 2 is 2.19 bits per heavy atom. The van der Waals surface area contributed by atoms with Gasteiger partial charge in [0.25, 0.3) is 0 Å². The average Bonchev–Trinajstić information content (AvgIpc) is 2.93. The van der Waals surface area contributed by atoms with E-state index >= 15 is 0 Å². The first-order chi connectivity index (χ1) is 10.1. The van der Waals surface area contributed by atoms with Gasteiger partial charge < -0.3 is 15.0 Å². The second kappa shape index (κ2) is 6.98. The van der Waals surface area contributed by atoms with E-state index in [1.165, 1.54) is 0 Å². The number of amides is 1. The van der Waals surface area contributed by atoms with Crippen LogP contribution in [0, 0.1) is 17.2 Å². The summed E-state index contributed by atoms with van der Waals surface area (Å²) in [7, 11) is 0. The van der Waals surface area contributed by atoms with Gasteiger partial charge in [-0.15, -0.1) is 0 Å². The molecule has 1 fully saturated rings. The predicted octanol–water partition coefficient (Wildman–Crippen LogP) is 2.52. The number of rotatable bonds is 4. The van der Waals surface area contributed by atoms with Gasteiger partial charge in [0.2, 0.25) is 0 Å². The van der Waals surface area contributed by atoms with E-state index in [0.29, 0.717) is 18.1 Å². The Morgan fingerprint density at radius 3 is 2.81 bits per heavy atom. The van der Waals surface area contributed by atoms with Crippen molar-refractivity contribution in [3.05, 3.63) is 29.8 Å². The fourth-order valence-electron chi connectivity index (χ4n) is 2.31. The maximum atomic E-state index is 11.6. The number of carbonyl (C=O) groups excluding carboxylic acids is 1. The van der Waals surface area contributed by atoms with Crippen molar-refractivity contribution < 1.29 is 9.53 Å². The highest BCUT2D eigenvalue weighted by atomic mass is 16.5. The molecule has 0 aromatic heterocycles. The van der Waals surface area contributed by atoms with E-state index in [-0.39, 0.29) is 12.1 Å². The van der Waals surface area contributed by atoms with Crippen LogP contribution in [0.5, 0.6) is 0 Å². The van der Waals surface area contributed by atoms with Crippen LogP contribution in [0.15, 0.2) is 24.3 Å². The van der Waals surface area contributed by atoms with Crippen molar-refractivity contribution in [1.82, 2.24) is 5.32 Å². The molecule has 5 nitrogen and oxygen atoms in total. The minimum atomic E-state index is -0.338. The molecule has 1 heterocycles. The summed E-state index contributed by atoms with van der Waals surface area (Å²) >= 11 is 0. The second-order valence-corrected chi connectivity index (χ2v) is 5.73. The highest BCUT2D eigenvalue weighted by Gasteiger charge is 2.24. The molecule has 0 spiro atoms. The first kappa shape index (κ1) is 15.2. The summed E-state index contributed by atoms with van der Waals surface area (Å²) in [6.45, 7) is 6.12. The Kier molecular flexibility index (Phi) is 5.04. The van der Waals surface area contributed by atoms with Crippen LogP contribution in [0.4, 0.5) is 10.5 Å². The van der Waals surface area contributed by atoms with Gasteiger partial charge in [-0.2, -0.15) is 5.26 Å². The molecule has 1 saturated heterocycles. The molecule has 2 rings (SSSR count). The van der Waals surface area contributed by atoms with Gasteiger partial charge in [0.1, 0.15) is 0 Å². The highest BCUT2D eigenvalue weighted by Crippen LogP contribution is 2.20. The Morgan fingerprint density at radius 1 is 1.48 bits per heavy atom. The number of hydrogen-bond donors (Lipinski definition) is 1. The van der Waals surface area contributed by atoms with Crippen molar-refractivity contribution in [2.24, 2.45) is 5.92 Å². The largest absolute Gasteiger partial charge is 0.449 e. The number of anilines is 1. The Labute approximate surface area is 125 Å². The molecule has 1 aromatic rings. The van der Waals surface area contributed by atoms with Gasteiger partial charge >= 0.3 is 6.09 Å². The molecule has 0 bridgehead atoms. The van der Waals surface area contributed by atoms with Gasteiger partial charge in [-0.05, 0) is 36.6 Å². The molecular weight excluding hydrogens is 266 g/mol. The molecule has 1 unspecified atom stereocenters. The standard InChI is InChI=1S/C16H21N3O2/c1-12(2)11-21-16(20)18-14-7-8-19(10-14)15-5-3-13(9-17)4-6-15/h3-6,12,14H,7-8,10-11H2,1-2H3,(H,18,20). The summed E-state index contributed by atoms with van der Waals surface area (Å²) in [5.41, 5.74) is 1.73. The van der Waals surface area contributed by atoms with E-state index < -0.39 is 0 Å². The van der Waals surface area contributed by atoms with Crippen LogP contribution in [-0.2, 0) is 4.74 Å². The van der Waals surface area contributed by atoms with Crippen molar-refractivity contribution in [2.75, 3.05) is 24.6 Å². The summed E-state index contributed by atoms with van der Waals surface area (Å²) in [5, 5.41) is 11.7. The van der Waals surface area contributed by atoms with Gasteiger partial charge in [-0.25, -0.2) is 4.79 Å². The number of nitrogens with one attached hydrogen (secondary N) is 1. The summed E-state index contributed by atoms with van der Waals surface area (Å²) in [4.78, 5) is 13.8. The normalized spacial score (nSPS) is 17.6. The monoisotopic (exact) mass is 287 g/mol. The smallest absolute Gasteiger partial charge is 0.407 e. The molecule has 21 heavy (non-hydrogen) atoms. The quantitative estimate of drug-likeness (QED) is 0.924. The molecule has 5 heteroatoms.